The molecule has 0 bridgehead atoms. The van der Waals surface area contributed by atoms with Crippen LogP contribution in [0.2, 0.25) is 0 Å². The Labute approximate surface area is 336 Å². The van der Waals surface area contributed by atoms with E-state index in [1.165, 1.54) is 43.4 Å². The summed E-state index contributed by atoms with van der Waals surface area (Å²) in [7, 11) is 0. The normalized spacial score (nSPS) is 11.4. The summed E-state index contributed by atoms with van der Waals surface area (Å²) in [6.07, 6.45) is 0. The van der Waals surface area contributed by atoms with Crippen LogP contribution in [0.25, 0.3) is 111 Å². The molecule has 3 nitrogen and oxygen atoms in total. The van der Waals surface area contributed by atoms with E-state index in [1.807, 2.05) is 0 Å². The zero-order valence-electron chi connectivity index (χ0n) is 31.5. The van der Waals surface area contributed by atoms with Crippen molar-refractivity contribution in [1.29, 1.82) is 0 Å². The molecule has 0 fully saturated rings. The standard InChI is InChI=1S/C55H35N3/c1-4-21-43-37(14-1)17-12-28-44(43)39-32-30-36(31-33-39)40-19-11-20-42(34-40)53-56-54(51-27-10-9-25-49(51)48-29-13-18-38-15-2-5-22-45(38)48)58-55(57-53)52-35-41-16-3-6-23-46(41)47-24-7-8-26-50(47)52/h1-35H. The molecule has 0 aliphatic rings. The minimum Gasteiger partial charge on any atom is -0.208 e. The van der Waals surface area contributed by atoms with E-state index in [0.29, 0.717) is 17.5 Å². The van der Waals surface area contributed by atoms with Crippen LogP contribution < -0.4 is 0 Å². The van der Waals surface area contributed by atoms with Crippen LogP contribution in [0.15, 0.2) is 212 Å². The summed E-state index contributed by atoms with van der Waals surface area (Å²) in [6.45, 7) is 0. The van der Waals surface area contributed by atoms with Gasteiger partial charge in [-0.25, -0.2) is 15.0 Å². The third-order valence-corrected chi connectivity index (χ3v) is 11.3. The summed E-state index contributed by atoms with van der Waals surface area (Å²) in [6, 6.07) is 75.3. The van der Waals surface area contributed by atoms with E-state index in [2.05, 4.69) is 212 Å². The van der Waals surface area contributed by atoms with Crippen molar-refractivity contribution in [3.8, 4) is 67.5 Å². The summed E-state index contributed by atoms with van der Waals surface area (Å²) >= 11 is 0. The van der Waals surface area contributed by atoms with Gasteiger partial charge in [0, 0.05) is 16.7 Å². The molecule has 0 saturated carbocycles. The van der Waals surface area contributed by atoms with Crippen LogP contribution in [0, 0.1) is 0 Å². The van der Waals surface area contributed by atoms with E-state index in [1.54, 1.807) is 0 Å². The highest BCUT2D eigenvalue weighted by molar-refractivity contribution is 6.13. The van der Waals surface area contributed by atoms with Crippen LogP contribution >= 0.6 is 0 Å². The topological polar surface area (TPSA) is 38.7 Å². The third kappa shape index (κ3) is 5.89. The lowest BCUT2D eigenvalue weighted by Crippen LogP contribution is -2.02. The molecule has 0 saturated heterocycles. The molecule has 0 radical (unpaired) electrons. The highest BCUT2D eigenvalue weighted by Gasteiger charge is 2.19. The summed E-state index contributed by atoms with van der Waals surface area (Å²) < 4.78 is 0. The quantitative estimate of drug-likeness (QED) is 0.160. The molecule has 58 heavy (non-hydrogen) atoms. The second-order valence-corrected chi connectivity index (χ2v) is 14.8. The lowest BCUT2D eigenvalue weighted by molar-refractivity contribution is 1.08. The zero-order chi connectivity index (χ0) is 38.4. The predicted molar refractivity (Wildman–Crippen MR) is 242 cm³/mol. The fourth-order valence-electron chi connectivity index (χ4n) is 8.52. The molecule has 0 unspecified atom stereocenters. The smallest absolute Gasteiger partial charge is 0.164 e. The first-order chi connectivity index (χ1) is 28.7. The summed E-state index contributed by atoms with van der Waals surface area (Å²) in [5.41, 5.74) is 9.71. The second kappa shape index (κ2) is 14.1. The fourth-order valence-corrected chi connectivity index (χ4v) is 8.52. The highest BCUT2D eigenvalue weighted by Crippen LogP contribution is 2.39. The maximum absolute atomic E-state index is 5.34. The van der Waals surface area contributed by atoms with Gasteiger partial charge in [0.1, 0.15) is 0 Å². The van der Waals surface area contributed by atoms with Gasteiger partial charge in [-0.3, -0.25) is 0 Å². The SMILES string of the molecule is c1cc(-c2ccc(-c3cccc4ccccc34)cc2)cc(-c2nc(-c3ccccc3-c3cccc4ccccc34)nc(-c3cc4ccccc4c4ccccc34)n2)c1. The van der Waals surface area contributed by atoms with Gasteiger partial charge >= 0.3 is 0 Å². The van der Waals surface area contributed by atoms with E-state index >= 15 is 0 Å². The van der Waals surface area contributed by atoms with Crippen LogP contribution in [0.1, 0.15) is 0 Å². The van der Waals surface area contributed by atoms with E-state index in [4.69, 9.17) is 15.0 Å². The maximum Gasteiger partial charge on any atom is 0.164 e. The van der Waals surface area contributed by atoms with Crippen molar-refractivity contribution >= 4 is 43.1 Å². The molecule has 0 aliphatic carbocycles. The van der Waals surface area contributed by atoms with Crippen molar-refractivity contribution in [1.82, 2.24) is 15.0 Å². The molecule has 0 spiro atoms. The first kappa shape index (κ1) is 33.6. The molecular formula is C55H35N3. The number of aromatic nitrogens is 3. The first-order valence-electron chi connectivity index (χ1n) is 19.7. The summed E-state index contributed by atoms with van der Waals surface area (Å²) in [5.74, 6) is 1.89. The van der Waals surface area contributed by atoms with Crippen molar-refractivity contribution in [3.63, 3.8) is 0 Å². The van der Waals surface area contributed by atoms with Gasteiger partial charge in [-0.15, -0.1) is 0 Å². The number of hydrogen-bond acceptors (Lipinski definition) is 3. The van der Waals surface area contributed by atoms with Crippen LogP contribution in [-0.4, -0.2) is 15.0 Å². The highest BCUT2D eigenvalue weighted by atomic mass is 15.0. The molecule has 11 aromatic rings. The minimum absolute atomic E-state index is 0.624. The fraction of sp³-hybridized carbons (Fsp3) is 0. The van der Waals surface area contributed by atoms with Gasteiger partial charge < -0.3 is 0 Å². The van der Waals surface area contributed by atoms with Crippen molar-refractivity contribution in [2.45, 2.75) is 0 Å². The van der Waals surface area contributed by atoms with Crippen LogP contribution in [-0.2, 0) is 0 Å². The molecule has 0 atom stereocenters. The molecule has 1 aromatic heterocycles. The largest absolute Gasteiger partial charge is 0.208 e. The minimum atomic E-state index is 0.624. The molecule has 10 aromatic carbocycles. The maximum atomic E-state index is 5.34. The van der Waals surface area contributed by atoms with Crippen molar-refractivity contribution in [2.24, 2.45) is 0 Å². The molecule has 0 amide bonds. The molecule has 270 valence electrons. The Morgan fingerprint density at radius 3 is 1.41 bits per heavy atom. The Morgan fingerprint density at radius 1 is 0.207 bits per heavy atom. The molecule has 0 N–H and O–H groups in total. The van der Waals surface area contributed by atoms with E-state index in [0.717, 1.165) is 49.7 Å². The second-order valence-electron chi connectivity index (χ2n) is 14.8. The molecule has 0 aliphatic heterocycles. The number of nitrogens with zero attached hydrogens (tertiary/aromatic N) is 3. The van der Waals surface area contributed by atoms with Gasteiger partial charge in [-0.1, -0.05) is 200 Å². The van der Waals surface area contributed by atoms with Gasteiger partial charge in [0.25, 0.3) is 0 Å². The van der Waals surface area contributed by atoms with Crippen LogP contribution in [0.5, 0.6) is 0 Å². The Bertz CT molecular complexity index is 3340. The molecule has 3 heteroatoms. The lowest BCUT2D eigenvalue weighted by atomic mass is 9.94. The number of hydrogen-bond donors (Lipinski definition) is 0. The van der Waals surface area contributed by atoms with E-state index in [9.17, 15) is 0 Å². The van der Waals surface area contributed by atoms with Gasteiger partial charge in [0.05, 0.1) is 0 Å². The van der Waals surface area contributed by atoms with Crippen molar-refractivity contribution < 1.29 is 0 Å². The first-order valence-corrected chi connectivity index (χ1v) is 19.7. The number of rotatable bonds is 6. The average molecular weight is 738 g/mol. The zero-order valence-corrected chi connectivity index (χ0v) is 31.5. The van der Waals surface area contributed by atoms with Crippen LogP contribution in [0.3, 0.4) is 0 Å². The van der Waals surface area contributed by atoms with Gasteiger partial charge in [-0.2, -0.15) is 0 Å². The van der Waals surface area contributed by atoms with E-state index < -0.39 is 0 Å². The third-order valence-electron chi connectivity index (χ3n) is 11.3. The average Bonchev–Trinajstić information content (AvgIpc) is 3.31. The van der Waals surface area contributed by atoms with Gasteiger partial charge in [-0.05, 0) is 88.6 Å². The Hall–Kier alpha value is -7.75. The Balaban J connectivity index is 1.09. The number of benzene rings is 10. The predicted octanol–water partition coefficient (Wildman–Crippen LogP) is 14.5. The monoisotopic (exact) mass is 737 g/mol. The Morgan fingerprint density at radius 2 is 0.672 bits per heavy atom. The molecular weight excluding hydrogens is 703 g/mol. The van der Waals surface area contributed by atoms with Crippen molar-refractivity contribution in [3.05, 3.63) is 212 Å². The van der Waals surface area contributed by atoms with Crippen LogP contribution in [0.4, 0.5) is 0 Å². The van der Waals surface area contributed by atoms with Crippen molar-refractivity contribution in [2.75, 3.05) is 0 Å². The Kier molecular flexibility index (Phi) is 8.15. The van der Waals surface area contributed by atoms with Gasteiger partial charge in [0.15, 0.2) is 17.5 Å². The number of fused-ring (bicyclic) bond motifs is 5. The molecule has 11 rings (SSSR count). The van der Waals surface area contributed by atoms with Gasteiger partial charge in [0.2, 0.25) is 0 Å². The summed E-state index contributed by atoms with van der Waals surface area (Å²) in [5, 5.41) is 9.49. The molecule has 1 heterocycles. The van der Waals surface area contributed by atoms with E-state index in [-0.39, 0.29) is 0 Å². The summed E-state index contributed by atoms with van der Waals surface area (Å²) in [4.78, 5) is 15.9. The lowest BCUT2D eigenvalue weighted by Gasteiger charge is -2.15.